The molecule has 0 spiro atoms. The number of aryl methyl sites for hydroxylation is 1. The number of phenolic OH excluding ortho intramolecular Hbond substituents is 1. The smallest absolute Gasteiger partial charge is 0.255 e. The van der Waals surface area contributed by atoms with Gasteiger partial charge in [0.05, 0.1) is 11.5 Å². The fourth-order valence-corrected chi connectivity index (χ4v) is 4.51. The Kier molecular flexibility index (Phi) is 8.68. The summed E-state index contributed by atoms with van der Waals surface area (Å²) in [5, 5.41) is 22.2. The molecule has 0 saturated carbocycles. The zero-order valence-corrected chi connectivity index (χ0v) is 20.4. The standard InChI is InChI=1S/C31H30N2O4/c34-28-14-8-7-13-27(28)30(35)32-21-26(23-9-3-1-4-10-23)20-17-22-15-18-25(19-16-22)29(31(36)33-37)24-11-5-2-6-12-24/h1-16,18-19,26,29,34,37H,17,20-21H2,(H,32,35)(H,33,36). The van der Waals surface area contributed by atoms with Crippen molar-refractivity contribution in [1.82, 2.24) is 10.8 Å². The van der Waals surface area contributed by atoms with Gasteiger partial charge in [-0.05, 0) is 47.2 Å². The highest BCUT2D eigenvalue weighted by molar-refractivity contribution is 5.96. The Hall–Kier alpha value is -4.42. The molecule has 188 valence electrons. The maximum Gasteiger partial charge on any atom is 0.255 e. The van der Waals surface area contributed by atoms with E-state index in [1.54, 1.807) is 23.7 Å². The summed E-state index contributed by atoms with van der Waals surface area (Å²) in [5.41, 5.74) is 5.85. The van der Waals surface area contributed by atoms with Gasteiger partial charge in [0.1, 0.15) is 5.75 Å². The molecule has 6 heteroatoms. The number of aromatic hydroxyl groups is 1. The lowest BCUT2D eigenvalue weighted by atomic mass is 9.88. The Morgan fingerprint density at radius 2 is 1.27 bits per heavy atom. The summed E-state index contributed by atoms with van der Waals surface area (Å²) >= 11 is 0. The van der Waals surface area contributed by atoms with Gasteiger partial charge >= 0.3 is 0 Å². The second-order valence-electron chi connectivity index (χ2n) is 8.93. The van der Waals surface area contributed by atoms with Crippen LogP contribution in [-0.2, 0) is 11.2 Å². The van der Waals surface area contributed by atoms with Crippen molar-refractivity contribution >= 4 is 11.8 Å². The molecule has 4 aromatic carbocycles. The van der Waals surface area contributed by atoms with Gasteiger partial charge in [-0.2, -0.15) is 0 Å². The molecule has 0 saturated heterocycles. The zero-order chi connectivity index (χ0) is 26.0. The number of benzene rings is 4. The number of hydroxylamine groups is 1. The molecule has 0 aromatic heterocycles. The second kappa shape index (κ2) is 12.5. The van der Waals surface area contributed by atoms with Crippen LogP contribution >= 0.6 is 0 Å². The molecule has 4 aromatic rings. The molecule has 0 radical (unpaired) electrons. The van der Waals surface area contributed by atoms with E-state index < -0.39 is 11.8 Å². The summed E-state index contributed by atoms with van der Waals surface area (Å²) in [6, 6.07) is 33.7. The van der Waals surface area contributed by atoms with Crippen molar-refractivity contribution in [3.05, 3.63) is 137 Å². The average molecular weight is 495 g/mol. The van der Waals surface area contributed by atoms with Crippen LogP contribution in [0.5, 0.6) is 5.75 Å². The first kappa shape index (κ1) is 25.7. The lowest BCUT2D eigenvalue weighted by Gasteiger charge is -2.19. The molecule has 0 bridgehead atoms. The third-order valence-electron chi connectivity index (χ3n) is 6.53. The summed E-state index contributed by atoms with van der Waals surface area (Å²) < 4.78 is 0. The van der Waals surface area contributed by atoms with Crippen molar-refractivity contribution in [3.63, 3.8) is 0 Å². The van der Waals surface area contributed by atoms with Crippen LogP contribution in [0.4, 0.5) is 0 Å². The number of phenols is 1. The molecule has 0 fully saturated rings. The van der Waals surface area contributed by atoms with Gasteiger partial charge in [0.25, 0.3) is 11.8 Å². The van der Waals surface area contributed by atoms with Gasteiger partial charge in [0.2, 0.25) is 0 Å². The number of amides is 2. The van der Waals surface area contributed by atoms with E-state index >= 15 is 0 Å². The maximum atomic E-state index is 12.7. The van der Waals surface area contributed by atoms with Crippen LogP contribution in [0.2, 0.25) is 0 Å². The third-order valence-corrected chi connectivity index (χ3v) is 6.53. The summed E-state index contributed by atoms with van der Waals surface area (Å²) in [7, 11) is 0. The van der Waals surface area contributed by atoms with Crippen molar-refractivity contribution in [2.24, 2.45) is 0 Å². The first-order chi connectivity index (χ1) is 18.1. The predicted molar refractivity (Wildman–Crippen MR) is 143 cm³/mol. The molecule has 2 amide bonds. The third kappa shape index (κ3) is 6.63. The number of carbonyl (C=O) groups excluding carboxylic acids is 2. The Balaban J connectivity index is 1.45. The van der Waals surface area contributed by atoms with Gasteiger partial charge in [-0.1, -0.05) is 97.1 Å². The fourth-order valence-electron chi connectivity index (χ4n) is 4.51. The van der Waals surface area contributed by atoms with Gasteiger partial charge in [-0.3, -0.25) is 14.8 Å². The van der Waals surface area contributed by atoms with Gasteiger partial charge in [-0.25, -0.2) is 5.48 Å². The average Bonchev–Trinajstić information content (AvgIpc) is 2.95. The Bertz CT molecular complexity index is 1310. The monoisotopic (exact) mass is 494 g/mol. The second-order valence-corrected chi connectivity index (χ2v) is 8.93. The molecule has 37 heavy (non-hydrogen) atoms. The quantitative estimate of drug-likeness (QED) is 0.180. The molecule has 0 aliphatic carbocycles. The molecular weight excluding hydrogens is 464 g/mol. The van der Waals surface area contributed by atoms with Crippen LogP contribution in [-0.4, -0.2) is 28.7 Å². The number of para-hydroxylation sites is 1. The molecule has 2 atom stereocenters. The summed E-state index contributed by atoms with van der Waals surface area (Å²) in [6.45, 7) is 0.433. The van der Waals surface area contributed by atoms with Crippen molar-refractivity contribution < 1.29 is 19.9 Å². The summed E-state index contributed by atoms with van der Waals surface area (Å²) in [5.74, 6) is -1.37. The number of hydrogen-bond donors (Lipinski definition) is 4. The first-order valence-corrected chi connectivity index (χ1v) is 12.3. The highest BCUT2D eigenvalue weighted by atomic mass is 16.5. The van der Waals surface area contributed by atoms with E-state index in [-0.39, 0.29) is 23.1 Å². The van der Waals surface area contributed by atoms with Crippen LogP contribution in [0.25, 0.3) is 0 Å². The molecule has 0 aliphatic rings. The molecule has 6 nitrogen and oxygen atoms in total. The molecular formula is C31H30N2O4. The highest BCUT2D eigenvalue weighted by Gasteiger charge is 2.22. The van der Waals surface area contributed by atoms with Crippen LogP contribution < -0.4 is 10.8 Å². The SMILES string of the molecule is O=C(NCC(CCc1ccc(C(C(=O)NO)c2ccccc2)cc1)c1ccccc1)c1ccccc1O. The van der Waals surface area contributed by atoms with Crippen molar-refractivity contribution in [2.45, 2.75) is 24.7 Å². The van der Waals surface area contributed by atoms with Gasteiger partial charge in [0, 0.05) is 12.5 Å². The minimum Gasteiger partial charge on any atom is -0.507 e. The van der Waals surface area contributed by atoms with Crippen LogP contribution in [0, 0.1) is 0 Å². The maximum absolute atomic E-state index is 12.7. The molecule has 0 aliphatic heterocycles. The Morgan fingerprint density at radius 1 is 0.703 bits per heavy atom. The number of carbonyl (C=O) groups is 2. The normalized spacial score (nSPS) is 12.4. The van der Waals surface area contributed by atoms with E-state index in [2.05, 4.69) is 17.4 Å². The molecule has 4 rings (SSSR count). The van der Waals surface area contributed by atoms with E-state index in [9.17, 15) is 19.9 Å². The lowest BCUT2D eigenvalue weighted by molar-refractivity contribution is -0.129. The topological polar surface area (TPSA) is 98.7 Å². The van der Waals surface area contributed by atoms with E-state index in [1.165, 1.54) is 6.07 Å². The number of hydrogen-bond acceptors (Lipinski definition) is 4. The van der Waals surface area contributed by atoms with Gasteiger partial charge in [0.15, 0.2) is 0 Å². The highest BCUT2D eigenvalue weighted by Crippen LogP contribution is 2.27. The van der Waals surface area contributed by atoms with Gasteiger partial charge in [-0.15, -0.1) is 0 Å². The van der Waals surface area contributed by atoms with E-state index in [0.717, 1.165) is 35.1 Å². The Labute approximate surface area is 216 Å². The fraction of sp³-hybridized carbons (Fsp3) is 0.161. The summed E-state index contributed by atoms with van der Waals surface area (Å²) in [4.78, 5) is 25.1. The minimum atomic E-state index is -0.609. The zero-order valence-electron chi connectivity index (χ0n) is 20.4. The lowest BCUT2D eigenvalue weighted by Crippen LogP contribution is -2.28. The largest absolute Gasteiger partial charge is 0.507 e. The van der Waals surface area contributed by atoms with Crippen molar-refractivity contribution in [1.29, 1.82) is 0 Å². The van der Waals surface area contributed by atoms with Crippen molar-refractivity contribution in [2.75, 3.05) is 6.54 Å². The predicted octanol–water partition coefficient (Wildman–Crippen LogP) is 5.18. The van der Waals surface area contributed by atoms with E-state index in [1.807, 2.05) is 72.8 Å². The van der Waals surface area contributed by atoms with Gasteiger partial charge < -0.3 is 10.4 Å². The first-order valence-electron chi connectivity index (χ1n) is 12.3. The number of rotatable bonds is 10. The number of nitrogens with one attached hydrogen (secondary N) is 2. The van der Waals surface area contributed by atoms with Crippen LogP contribution in [0.3, 0.4) is 0 Å². The Morgan fingerprint density at radius 3 is 1.89 bits per heavy atom. The van der Waals surface area contributed by atoms with Crippen molar-refractivity contribution in [3.8, 4) is 5.75 Å². The van der Waals surface area contributed by atoms with Crippen LogP contribution in [0.15, 0.2) is 109 Å². The molecule has 2 unspecified atom stereocenters. The molecule has 0 heterocycles. The minimum absolute atomic E-state index is 0.0416. The van der Waals surface area contributed by atoms with E-state index in [0.29, 0.717) is 6.54 Å². The molecule has 4 N–H and O–H groups in total. The summed E-state index contributed by atoms with van der Waals surface area (Å²) in [6.07, 6.45) is 1.57. The van der Waals surface area contributed by atoms with E-state index in [4.69, 9.17) is 0 Å². The van der Waals surface area contributed by atoms with Crippen LogP contribution in [0.1, 0.15) is 50.9 Å².